The normalized spacial score (nSPS) is 12.8. The van der Waals surface area contributed by atoms with Crippen molar-refractivity contribution in [3.63, 3.8) is 0 Å². The number of hydrogen-bond donors (Lipinski definition) is 0. The molecule has 0 atom stereocenters. The van der Waals surface area contributed by atoms with E-state index in [0.717, 1.165) is 6.42 Å². The van der Waals surface area contributed by atoms with Crippen LogP contribution in [0.15, 0.2) is 47.1 Å². The van der Waals surface area contributed by atoms with E-state index in [1.807, 2.05) is 13.0 Å². The molecular formula is C14H22. The smallest absolute Gasteiger partial charge is 0.0268 e. The van der Waals surface area contributed by atoms with Crippen LogP contribution in [0.1, 0.15) is 41.0 Å². The van der Waals surface area contributed by atoms with Crippen molar-refractivity contribution in [2.24, 2.45) is 0 Å². The summed E-state index contributed by atoms with van der Waals surface area (Å²) in [7, 11) is 0. The van der Waals surface area contributed by atoms with Gasteiger partial charge in [0.1, 0.15) is 0 Å². The van der Waals surface area contributed by atoms with Gasteiger partial charge in [-0.05, 0) is 45.3 Å². The van der Waals surface area contributed by atoms with Gasteiger partial charge in [-0.1, -0.05) is 42.9 Å². The fourth-order valence-corrected chi connectivity index (χ4v) is 1.13. The van der Waals surface area contributed by atoms with E-state index in [9.17, 15) is 0 Å². The van der Waals surface area contributed by atoms with Crippen molar-refractivity contribution in [3.05, 3.63) is 47.1 Å². The van der Waals surface area contributed by atoms with Crippen LogP contribution >= 0.6 is 0 Å². The predicted octanol–water partition coefficient (Wildman–Crippen LogP) is 4.81. The van der Waals surface area contributed by atoms with Gasteiger partial charge in [0.25, 0.3) is 0 Å². The van der Waals surface area contributed by atoms with Gasteiger partial charge in [0.05, 0.1) is 0 Å². The maximum atomic E-state index is 2.27. The van der Waals surface area contributed by atoms with Crippen LogP contribution in [0.2, 0.25) is 0 Å². The molecule has 14 heavy (non-hydrogen) atoms. The highest BCUT2D eigenvalue weighted by molar-refractivity contribution is 5.41. The van der Waals surface area contributed by atoms with Crippen LogP contribution in [0.25, 0.3) is 0 Å². The van der Waals surface area contributed by atoms with Gasteiger partial charge in [0.15, 0.2) is 0 Å². The summed E-state index contributed by atoms with van der Waals surface area (Å²) in [5, 5.41) is 0. The van der Waals surface area contributed by atoms with Crippen molar-refractivity contribution in [3.8, 4) is 0 Å². The van der Waals surface area contributed by atoms with Gasteiger partial charge >= 0.3 is 0 Å². The Morgan fingerprint density at radius 3 is 2.14 bits per heavy atom. The van der Waals surface area contributed by atoms with E-state index in [0.29, 0.717) is 0 Å². The summed E-state index contributed by atoms with van der Waals surface area (Å²) >= 11 is 0. The molecule has 0 bridgehead atoms. The van der Waals surface area contributed by atoms with Gasteiger partial charge in [-0.2, -0.15) is 0 Å². The van der Waals surface area contributed by atoms with E-state index in [1.54, 1.807) is 0 Å². The fourth-order valence-electron chi connectivity index (χ4n) is 1.13. The average Bonchev–Trinajstić information content (AvgIpc) is 2.15. The molecule has 78 valence electrons. The second-order valence-electron chi connectivity index (χ2n) is 3.58. The van der Waals surface area contributed by atoms with Gasteiger partial charge in [-0.25, -0.2) is 0 Å². The van der Waals surface area contributed by atoms with Gasteiger partial charge in [-0.15, -0.1) is 0 Å². The second-order valence-corrected chi connectivity index (χ2v) is 3.58. The first-order valence-electron chi connectivity index (χ1n) is 5.27. The lowest BCUT2D eigenvalue weighted by Gasteiger charge is -2.04. The van der Waals surface area contributed by atoms with Crippen molar-refractivity contribution in [2.75, 3.05) is 0 Å². The molecule has 0 N–H and O–H groups in total. The zero-order valence-electron chi connectivity index (χ0n) is 10.1. The summed E-state index contributed by atoms with van der Waals surface area (Å²) in [5.74, 6) is 0. The molecule has 0 fully saturated rings. The van der Waals surface area contributed by atoms with Crippen molar-refractivity contribution in [1.29, 1.82) is 0 Å². The molecule has 0 amide bonds. The molecule has 0 aliphatic carbocycles. The zero-order chi connectivity index (χ0) is 11.0. The molecule has 0 heteroatoms. The molecule has 0 spiro atoms. The Labute approximate surface area is 88.7 Å². The van der Waals surface area contributed by atoms with Crippen LogP contribution in [0.3, 0.4) is 0 Å². The van der Waals surface area contributed by atoms with Crippen molar-refractivity contribution in [2.45, 2.75) is 41.0 Å². The minimum Gasteiger partial charge on any atom is -0.0877 e. The van der Waals surface area contributed by atoms with E-state index in [2.05, 4.69) is 52.0 Å². The maximum absolute atomic E-state index is 2.27. The molecule has 0 saturated heterocycles. The fraction of sp³-hybridized carbons (Fsp3) is 0.429. The van der Waals surface area contributed by atoms with Gasteiger partial charge in [-0.3, -0.25) is 0 Å². The first-order valence-corrected chi connectivity index (χ1v) is 5.27. The third kappa shape index (κ3) is 4.86. The van der Waals surface area contributed by atoms with Gasteiger partial charge in [0.2, 0.25) is 0 Å². The van der Waals surface area contributed by atoms with Crippen LogP contribution in [0.4, 0.5) is 0 Å². The predicted molar refractivity (Wildman–Crippen MR) is 66.4 cm³/mol. The summed E-state index contributed by atoms with van der Waals surface area (Å²) in [6.07, 6.45) is 11.7. The summed E-state index contributed by atoms with van der Waals surface area (Å²) in [4.78, 5) is 0. The van der Waals surface area contributed by atoms with E-state index in [-0.39, 0.29) is 0 Å². The van der Waals surface area contributed by atoms with E-state index in [1.165, 1.54) is 16.7 Å². The topological polar surface area (TPSA) is 0 Å². The molecule has 0 aliphatic rings. The molecule has 0 rings (SSSR count). The summed E-state index contributed by atoms with van der Waals surface area (Å²) in [6, 6.07) is 0. The Bertz CT molecular complexity index is 268. The lowest BCUT2D eigenvalue weighted by atomic mass is 10.0. The molecule has 0 aliphatic heterocycles. The quantitative estimate of drug-likeness (QED) is 0.558. The Balaban J connectivity index is 4.81. The van der Waals surface area contributed by atoms with E-state index >= 15 is 0 Å². The number of allylic oxidation sites excluding steroid dienone is 8. The van der Waals surface area contributed by atoms with Crippen molar-refractivity contribution < 1.29 is 0 Å². The lowest BCUT2D eigenvalue weighted by Crippen LogP contribution is -1.84. The van der Waals surface area contributed by atoms with Crippen LogP contribution in [-0.2, 0) is 0 Å². The Morgan fingerprint density at radius 2 is 1.71 bits per heavy atom. The first-order chi connectivity index (χ1) is 6.63. The molecule has 0 aromatic heterocycles. The van der Waals surface area contributed by atoms with Gasteiger partial charge < -0.3 is 0 Å². The standard InChI is InChI=1S/C14H22/c1-6-8-9-11-14(10-7-2)13(5)12(3)4/h6,8-11H,7H2,1-5H3. The van der Waals surface area contributed by atoms with Gasteiger partial charge in [0, 0.05) is 0 Å². The molecule has 0 heterocycles. The Kier molecular flexibility index (Phi) is 6.82. The largest absolute Gasteiger partial charge is 0.0877 e. The molecular weight excluding hydrogens is 168 g/mol. The Morgan fingerprint density at radius 1 is 1.07 bits per heavy atom. The highest BCUT2D eigenvalue weighted by Crippen LogP contribution is 2.16. The van der Waals surface area contributed by atoms with Crippen molar-refractivity contribution in [1.82, 2.24) is 0 Å². The monoisotopic (exact) mass is 190 g/mol. The minimum absolute atomic E-state index is 1.08. The summed E-state index contributed by atoms with van der Waals surface area (Å²) < 4.78 is 0. The molecule has 0 aromatic rings. The molecule has 0 nitrogen and oxygen atoms in total. The van der Waals surface area contributed by atoms with Crippen LogP contribution in [0, 0.1) is 0 Å². The molecule has 0 saturated carbocycles. The van der Waals surface area contributed by atoms with E-state index < -0.39 is 0 Å². The average molecular weight is 190 g/mol. The first kappa shape index (κ1) is 13.0. The molecule has 0 aromatic carbocycles. The van der Waals surface area contributed by atoms with Crippen LogP contribution in [0.5, 0.6) is 0 Å². The lowest BCUT2D eigenvalue weighted by molar-refractivity contribution is 1.18. The third-order valence-electron chi connectivity index (χ3n) is 2.19. The van der Waals surface area contributed by atoms with E-state index in [4.69, 9.17) is 0 Å². The summed E-state index contributed by atoms with van der Waals surface area (Å²) in [5.41, 5.74) is 4.10. The third-order valence-corrected chi connectivity index (χ3v) is 2.19. The Hall–Kier alpha value is -1.04. The zero-order valence-corrected chi connectivity index (χ0v) is 10.1. The number of rotatable bonds is 4. The maximum Gasteiger partial charge on any atom is -0.0268 e. The highest BCUT2D eigenvalue weighted by atomic mass is 14.0. The highest BCUT2D eigenvalue weighted by Gasteiger charge is 1.96. The molecule has 0 radical (unpaired) electrons. The molecule has 0 unspecified atom stereocenters. The minimum atomic E-state index is 1.08. The van der Waals surface area contributed by atoms with Crippen LogP contribution < -0.4 is 0 Å². The second kappa shape index (κ2) is 7.37. The SMILES string of the molecule is CC=CC=CC(=CCC)C(C)=C(C)C. The summed E-state index contributed by atoms with van der Waals surface area (Å²) in [6.45, 7) is 10.7. The van der Waals surface area contributed by atoms with Crippen LogP contribution in [-0.4, -0.2) is 0 Å². The number of hydrogen-bond acceptors (Lipinski definition) is 0. The van der Waals surface area contributed by atoms with Crippen molar-refractivity contribution >= 4 is 0 Å².